The van der Waals surface area contributed by atoms with Crippen molar-refractivity contribution in [1.29, 1.82) is 0 Å². The molecule has 1 heterocycles. The maximum absolute atomic E-state index is 11.1. The van der Waals surface area contributed by atoms with Gasteiger partial charge in [-0.1, -0.05) is 0 Å². The molecule has 2 rings (SSSR count). The maximum Gasteiger partial charge on any atom is 0.228 e. The summed E-state index contributed by atoms with van der Waals surface area (Å²) < 4.78 is 0. The summed E-state index contributed by atoms with van der Waals surface area (Å²) >= 11 is 0. The summed E-state index contributed by atoms with van der Waals surface area (Å²) in [6.07, 6.45) is 6.42. The molecule has 0 bridgehead atoms. The summed E-state index contributed by atoms with van der Waals surface area (Å²) in [5.74, 6) is -0.266. The molecule has 1 aromatic rings. The highest BCUT2D eigenvalue weighted by Crippen LogP contribution is 2.47. The lowest BCUT2D eigenvalue weighted by molar-refractivity contribution is -0.120. The van der Waals surface area contributed by atoms with Crippen molar-refractivity contribution >= 4 is 5.91 Å². The van der Waals surface area contributed by atoms with E-state index in [2.05, 4.69) is 9.97 Å². The highest BCUT2D eigenvalue weighted by Gasteiger charge is 2.50. The van der Waals surface area contributed by atoms with Crippen LogP contribution in [0, 0.1) is 0 Å². The van der Waals surface area contributed by atoms with Crippen LogP contribution < -0.4 is 5.73 Å². The second-order valence-corrected chi connectivity index (χ2v) is 3.07. The van der Waals surface area contributed by atoms with Gasteiger partial charge in [-0.2, -0.15) is 0 Å². The lowest BCUT2D eigenvalue weighted by Gasteiger charge is -2.08. The van der Waals surface area contributed by atoms with E-state index in [0.29, 0.717) is 0 Å². The molecule has 4 nitrogen and oxygen atoms in total. The van der Waals surface area contributed by atoms with Crippen molar-refractivity contribution in [3.05, 3.63) is 24.3 Å². The van der Waals surface area contributed by atoms with Crippen molar-refractivity contribution in [2.45, 2.75) is 18.3 Å². The van der Waals surface area contributed by atoms with Crippen LogP contribution in [0.15, 0.2) is 18.7 Å². The Bertz CT molecular complexity index is 305. The van der Waals surface area contributed by atoms with Gasteiger partial charge in [0.25, 0.3) is 0 Å². The molecule has 62 valence electrons. The summed E-state index contributed by atoms with van der Waals surface area (Å²) in [4.78, 5) is 18.8. The van der Waals surface area contributed by atoms with Gasteiger partial charge in [0.2, 0.25) is 5.91 Å². The first-order valence-electron chi connectivity index (χ1n) is 3.81. The van der Waals surface area contributed by atoms with Gasteiger partial charge in [0.15, 0.2) is 0 Å². The molecule has 2 N–H and O–H groups in total. The first kappa shape index (κ1) is 7.21. The van der Waals surface area contributed by atoms with E-state index in [9.17, 15) is 4.79 Å². The standard InChI is InChI=1S/C8H9N3O/c9-7(12)8(1-2-8)6-3-10-5-11-4-6/h3-5H,1-2H2,(H2,9,12). The van der Waals surface area contributed by atoms with Gasteiger partial charge in [-0.25, -0.2) is 9.97 Å². The molecule has 1 aromatic heterocycles. The summed E-state index contributed by atoms with van der Waals surface area (Å²) in [5.41, 5.74) is 5.67. The summed E-state index contributed by atoms with van der Waals surface area (Å²) in [6.45, 7) is 0. The minimum absolute atomic E-state index is 0.266. The Morgan fingerprint density at radius 1 is 1.42 bits per heavy atom. The van der Waals surface area contributed by atoms with E-state index in [-0.39, 0.29) is 5.91 Å². The van der Waals surface area contributed by atoms with E-state index >= 15 is 0 Å². The van der Waals surface area contributed by atoms with Gasteiger partial charge in [0.1, 0.15) is 6.33 Å². The van der Waals surface area contributed by atoms with Gasteiger partial charge >= 0.3 is 0 Å². The first-order chi connectivity index (χ1) is 5.76. The van der Waals surface area contributed by atoms with E-state index in [4.69, 9.17) is 5.73 Å². The van der Waals surface area contributed by atoms with Crippen molar-refractivity contribution in [1.82, 2.24) is 9.97 Å². The number of hydrogen-bond donors (Lipinski definition) is 1. The molecule has 1 amide bonds. The summed E-state index contributed by atoms with van der Waals surface area (Å²) in [7, 11) is 0. The van der Waals surface area contributed by atoms with Gasteiger partial charge in [-0.3, -0.25) is 4.79 Å². The lowest BCUT2D eigenvalue weighted by atomic mass is 9.99. The van der Waals surface area contributed by atoms with E-state index in [1.54, 1.807) is 12.4 Å². The molecule has 12 heavy (non-hydrogen) atoms. The Labute approximate surface area is 69.8 Å². The van der Waals surface area contributed by atoms with Crippen molar-refractivity contribution in [2.75, 3.05) is 0 Å². The molecule has 1 aliphatic rings. The Hall–Kier alpha value is -1.45. The van der Waals surface area contributed by atoms with Gasteiger partial charge in [0.05, 0.1) is 5.41 Å². The molecular formula is C8H9N3O. The number of rotatable bonds is 2. The van der Waals surface area contributed by atoms with Gasteiger partial charge < -0.3 is 5.73 Å². The first-order valence-corrected chi connectivity index (χ1v) is 3.81. The molecular weight excluding hydrogens is 154 g/mol. The summed E-state index contributed by atoms with van der Waals surface area (Å²) in [5, 5.41) is 0. The largest absolute Gasteiger partial charge is 0.369 e. The molecule has 1 aliphatic carbocycles. The van der Waals surface area contributed by atoms with Crippen LogP contribution in [0.4, 0.5) is 0 Å². The quantitative estimate of drug-likeness (QED) is 0.666. The number of primary amides is 1. The van der Waals surface area contributed by atoms with Crippen LogP contribution in [0.2, 0.25) is 0 Å². The third-order valence-corrected chi connectivity index (χ3v) is 2.33. The third-order valence-electron chi connectivity index (χ3n) is 2.33. The Kier molecular flexibility index (Phi) is 1.36. The Morgan fingerprint density at radius 3 is 2.42 bits per heavy atom. The fourth-order valence-electron chi connectivity index (χ4n) is 1.35. The number of hydrogen-bond acceptors (Lipinski definition) is 3. The summed E-state index contributed by atoms with van der Waals surface area (Å²) in [6, 6.07) is 0. The van der Waals surface area contributed by atoms with Crippen molar-refractivity contribution < 1.29 is 4.79 Å². The molecule has 0 aliphatic heterocycles. The zero-order valence-corrected chi connectivity index (χ0v) is 6.53. The predicted octanol–water partition coefficient (Wildman–Crippen LogP) is -0.00650. The molecule has 4 heteroatoms. The molecule has 0 saturated heterocycles. The maximum atomic E-state index is 11.1. The minimum Gasteiger partial charge on any atom is -0.369 e. The van der Waals surface area contributed by atoms with Gasteiger partial charge in [-0.15, -0.1) is 0 Å². The topological polar surface area (TPSA) is 68.9 Å². The second kappa shape index (κ2) is 2.27. The molecule has 0 spiro atoms. The molecule has 0 unspecified atom stereocenters. The normalized spacial score (nSPS) is 18.7. The number of amides is 1. The fourth-order valence-corrected chi connectivity index (χ4v) is 1.35. The molecule has 1 saturated carbocycles. The van der Waals surface area contributed by atoms with Gasteiger partial charge in [0, 0.05) is 18.0 Å². The molecule has 0 radical (unpaired) electrons. The average molecular weight is 163 g/mol. The highest BCUT2D eigenvalue weighted by molar-refractivity contribution is 5.89. The number of nitrogens with zero attached hydrogens (tertiary/aromatic N) is 2. The monoisotopic (exact) mass is 163 g/mol. The average Bonchev–Trinajstić information content (AvgIpc) is 2.86. The molecule has 0 atom stereocenters. The fraction of sp³-hybridized carbons (Fsp3) is 0.375. The van der Waals surface area contributed by atoms with Crippen LogP contribution in [-0.2, 0) is 10.2 Å². The van der Waals surface area contributed by atoms with Crippen LogP contribution in [-0.4, -0.2) is 15.9 Å². The van der Waals surface area contributed by atoms with Crippen molar-refractivity contribution in [2.24, 2.45) is 5.73 Å². The Balaban J connectivity index is 2.37. The minimum atomic E-state index is -0.443. The number of carbonyl (C=O) groups is 1. The smallest absolute Gasteiger partial charge is 0.228 e. The van der Waals surface area contributed by atoms with Crippen LogP contribution >= 0.6 is 0 Å². The Morgan fingerprint density at radius 2 is 2.00 bits per heavy atom. The van der Waals surface area contributed by atoms with E-state index < -0.39 is 5.41 Å². The zero-order valence-electron chi connectivity index (χ0n) is 6.53. The van der Waals surface area contributed by atoms with Crippen molar-refractivity contribution in [3.63, 3.8) is 0 Å². The van der Waals surface area contributed by atoms with Crippen LogP contribution in [0.3, 0.4) is 0 Å². The lowest BCUT2D eigenvalue weighted by Crippen LogP contribution is -2.28. The number of aromatic nitrogens is 2. The number of carbonyl (C=O) groups excluding carboxylic acids is 1. The van der Waals surface area contributed by atoms with E-state index in [1.807, 2.05) is 0 Å². The molecule has 0 aromatic carbocycles. The van der Waals surface area contributed by atoms with E-state index in [1.165, 1.54) is 6.33 Å². The van der Waals surface area contributed by atoms with E-state index in [0.717, 1.165) is 18.4 Å². The second-order valence-electron chi connectivity index (χ2n) is 3.07. The SMILES string of the molecule is NC(=O)C1(c2cncnc2)CC1. The number of nitrogens with two attached hydrogens (primary N) is 1. The van der Waals surface area contributed by atoms with Gasteiger partial charge in [-0.05, 0) is 12.8 Å². The zero-order chi connectivity index (χ0) is 8.60. The van der Waals surface area contributed by atoms with Crippen LogP contribution in [0.5, 0.6) is 0 Å². The van der Waals surface area contributed by atoms with Crippen LogP contribution in [0.25, 0.3) is 0 Å². The van der Waals surface area contributed by atoms with Crippen LogP contribution in [0.1, 0.15) is 18.4 Å². The van der Waals surface area contributed by atoms with Crippen molar-refractivity contribution in [3.8, 4) is 0 Å². The third kappa shape index (κ3) is 0.879. The highest BCUT2D eigenvalue weighted by atomic mass is 16.1. The predicted molar refractivity (Wildman–Crippen MR) is 42.1 cm³/mol. The molecule has 1 fully saturated rings.